The Morgan fingerprint density at radius 1 is 0.725 bits per heavy atom. The van der Waals surface area contributed by atoms with Crippen LogP contribution in [0.25, 0.3) is 10.8 Å². The van der Waals surface area contributed by atoms with Crippen LogP contribution in [0.3, 0.4) is 0 Å². The average Bonchev–Trinajstić information content (AvgIpc) is 3.53. The van der Waals surface area contributed by atoms with E-state index in [-0.39, 0.29) is 24.0 Å². The van der Waals surface area contributed by atoms with Crippen molar-refractivity contribution in [1.82, 2.24) is 0 Å². The second-order valence-electron chi connectivity index (χ2n) is 13.8. The number of imide groups is 2. The fraction of sp³-hybridized carbons (Fsp3) is 0.190. The van der Waals surface area contributed by atoms with E-state index in [0.29, 0.717) is 39.3 Å². The van der Waals surface area contributed by atoms with Crippen LogP contribution in [0, 0.1) is 27.2 Å². The monoisotopic (exact) mass is 804 g/mol. The summed E-state index contributed by atoms with van der Waals surface area (Å²) in [5.74, 6) is -5.00. The molecule has 5 aromatic rings. The summed E-state index contributed by atoms with van der Waals surface area (Å²) in [4.78, 5) is 61.5. The van der Waals surface area contributed by atoms with Gasteiger partial charge in [0.1, 0.15) is 5.75 Å². The molecule has 252 valence electrons. The lowest BCUT2D eigenvalue weighted by Crippen LogP contribution is -2.53. The fourth-order valence-corrected chi connectivity index (χ4v) is 9.98. The van der Waals surface area contributed by atoms with Crippen LogP contribution in [0.15, 0.2) is 127 Å². The maximum absolute atomic E-state index is 15.4. The number of hydrogen-bond donors (Lipinski definition) is 1. The average molecular weight is 805 g/mol. The molecule has 2 heterocycles. The van der Waals surface area contributed by atoms with Crippen molar-refractivity contribution in [1.29, 1.82) is 0 Å². The van der Waals surface area contributed by atoms with E-state index in [1.807, 2.05) is 84.9 Å². The van der Waals surface area contributed by atoms with E-state index in [1.54, 1.807) is 36.4 Å². The van der Waals surface area contributed by atoms with Gasteiger partial charge in [-0.15, -0.1) is 0 Å². The maximum Gasteiger partial charge on any atom is 0.246 e. The largest absolute Gasteiger partial charge is 0.507 e. The standard InChI is InChI=1S/C42H30ClIN2O5/c43-25-10-6-11-28(21-25)46-39(49)34-22-33-30(19-20-31-35(33)40(50)45(38(31)48)27-16-14-26(44)15-17-27)36(42(34,41(46)51)24-8-2-1-3-9-24)32-18-13-23-7-4-5-12-29(23)37(32)47/h1-19,21,31,33-36,47H,20,22H2/t31-,33+,34-,35-,36+,42+/m0/s1. The molecule has 1 N–H and O–H groups in total. The van der Waals surface area contributed by atoms with Gasteiger partial charge in [-0.05, 0) is 94.8 Å². The van der Waals surface area contributed by atoms with E-state index in [9.17, 15) is 19.5 Å². The minimum Gasteiger partial charge on any atom is -0.507 e. The number of aromatic hydroxyl groups is 1. The quantitative estimate of drug-likeness (QED) is 0.112. The van der Waals surface area contributed by atoms with Gasteiger partial charge in [0.05, 0.1) is 34.5 Å². The number of carbonyl (C=O) groups excluding carboxylic acids is 4. The molecule has 5 aromatic carbocycles. The molecule has 4 aliphatic rings. The molecule has 2 saturated heterocycles. The molecule has 2 aliphatic carbocycles. The van der Waals surface area contributed by atoms with Crippen LogP contribution >= 0.6 is 34.2 Å². The Balaban J connectivity index is 1.29. The molecule has 4 amide bonds. The normalized spacial score (nSPS) is 27.0. The molecular formula is C42H30ClIN2O5. The van der Waals surface area contributed by atoms with Gasteiger partial charge in [-0.2, -0.15) is 0 Å². The van der Waals surface area contributed by atoms with Crippen molar-refractivity contribution in [2.24, 2.45) is 23.7 Å². The van der Waals surface area contributed by atoms with Gasteiger partial charge in [0.25, 0.3) is 0 Å². The first kappa shape index (κ1) is 32.1. The third-order valence-corrected chi connectivity index (χ3v) is 12.4. The highest BCUT2D eigenvalue weighted by molar-refractivity contribution is 14.1. The molecule has 9 rings (SSSR count). The van der Waals surface area contributed by atoms with Crippen molar-refractivity contribution in [2.45, 2.75) is 24.2 Å². The van der Waals surface area contributed by atoms with Gasteiger partial charge in [-0.3, -0.25) is 24.1 Å². The Hall–Kier alpha value is -4.80. The summed E-state index contributed by atoms with van der Waals surface area (Å²) >= 11 is 8.61. The van der Waals surface area contributed by atoms with Crippen molar-refractivity contribution >= 4 is 80.0 Å². The van der Waals surface area contributed by atoms with Gasteiger partial charge < -0.3 is 5.11 Å². The second-order valence-corrected chi connectivity index (χ2v) is 15.5. The number of fused-ring (bicyclic) bond motifs is 5. The van der Waals surface area contributed by atoms with E-state index < -0.39 is 46.8 Å². The van der Waals surface area contributed by atoms with Gasteiger partial charge in [-0.25, -0.2) is 4.90 Å². The number of halogens is 2. The molecule has 0 radical (unpaired) electrons. The fourth-order valence-electron chi connectivity index (χ4n) is 9.44. The lowest BCUT2D eigenvalue weighted by atomic mass is 9.49. The summed E-state index contributed by atoms with van der Waals surface area (Å²) in [6.45, 7) is 0. The number of allylic oxidation sites excluding steroid dienone is 2. The minimum atomic E-state index is -1.47. The molecule has 51 heavy (non-hydrogen) atoms. The number of hydrogen-bond acceptors (Lipinski definition) is 5. The molecule has 9 heteroatoms. The Labute approximate surface area is 312 Å². The number of amides is 4. The van der Waals surface area contributed by atoms with Crippen LogP contribution in [-0.2, 0) is 24.6 Å². The van der Waals surface area contributed by atoms with Gasteiger partial charge in [0, 0.05) is 25.5 Å². The topological polar surface area (TPSA) is 95.0 Å². The Morgan fingerprint density at radius 2 is 1.47 bits per heavy atom. The number of rotatable bonds is 4. The third-order valence-electron chi connectivity index (χ3n) is 11.5. The van der Waals surface area contributed by atoms with E-state index >= 15 is 4.79 Å². The smallest absolute Gasteiger partial charge is 0.246 e. The van der Waals surface area contributed by atoms with E-state index in [0.717, 1.165) is 14.5 Å². The highest BCUT2D eigenvalue weighted by atomic mass is 127. The first-order valence-electron chi connectivity index (χ1n) is 16.9. The SMILES string of the molecule is O=C1[C@H]2[C@H](CC=C3[C@H]2C[C@H]2C(=O)N(c4cccc(Cl)c4)C(=O)[C@@]2(c2ccccc2)[C@H]3c2ccc3ccccc3c2O)C(=O)N1c1ccc(I)cc1. The van der Waals surface area contributed by atoms with Crippen LogP contribution in [-0.4, -0.2) is 28.7 Å². The number of nitrogens with zero attached hydrogens (tertiary/aromatic N) is 2. The number of benzene rings is 5. The van der Waals surface area contributed by atoms with Crippen molar-refractivity contribution in [3.8, 4) is 5.75 Å². The third kappa shape index (κ3) is 4.55. The van der Waals surface area contributed by atoms with E-state index in [4.69, 9.17) is 11.6 Å². The second kappa shape index (κ2) is 11.9. The summed E-state index contributed by atoms with van der Waals surface area (Å²) in [5, 5.41) is 14.0. The lowest BCUT2D eigenvalue weighted by molar-refractivity contribution is -0.127. The number of phenolic OH excluding ortho intramolecular Hbond substituents is 1. The van der Waals surface area contributed by atoms with Gasteiger partial charge in [0.2, 0.25) is 23.6 Å². The zero-order chi connectivity index (χ0) is 35.2. The molecule has 6 atom stereocenters. The molecule has 1 saturated carbocycles. The molecule has 0 spiro atoms. The minimum absolute atomic E-state index is 0.0200. The van der Waals surface area contributed by atoms with Gasteiger partial charge >= 0.3 is 0 Å². The molecule has 2 aliphatic heterocycles. The Kier molecular flexibility index (Phi) is 7.49. The summed E-state index contributed by atoms with van der Waals surface area (Å²) in [6, 6.07) is 34.6. The molecule has 0 aromatic heterocycles. The van der Waals surface area contributed by atoms with Crippen LogP contribution in [0.5, 0.6) is 5.75 Å². The van der Waals surface area contributed by atoms with Gasteiger partial charge in [-0.1, -0.05) is 96.0 Å². The predicted octanol–water partition coefficient (Wildman–Crippen LogP) is 8.17. The summed E-state index contributed by atoms with van der Waals surface area (Å²) in [7, 11) is 0. The molecule has 7 nitrogen and oxygen atoms in total. The predicted molar refractivity (Wildman–Crippen MR) is 203 cm³/mol. The zero-order valence-electron chi connectivity index (χ0n) is 27.1. The number of carbonyl (C=O) groups is 4. The summed E-state index contributed by atoms with van der Waals surface area (Å²) in [5.41, 5.74) is 1.33. The Bertz CT molecular complexity index is 2340. The molecular weight excluding hydrogens is 775 g/mol. The lowest BCUT2D eigenvalue weighted by Gasteiger charge is -2.50. The molecule has 0 unspecified atom stereocenters. The van der Waals surface area contributed by atoms with E-state index in [1.165, 1.54) is 9.80 Å². The summed E-state index contributed by atoms with van der Waals surface area (Å²) in [6.07, 6.45) is 2.48. The zero-order valence-corrected chi connectivity index (χ0v) is 30.0. The van der Waals surface area contributed by atoms with Crippen molar-refractivity contribution in [2.75, 3.05) is 9.80 Å². The van der Waals surface area contributed by atoms with Crippen molar-refractivity contribution < 1.29 is 24.3 Å². The molecule has 0 bridgehead atoms. The van der Waals surface area contributed by atoms with Crippen molar-refractivity contribution in [3.63, 3.8) is 0 Å². The van der Waals surface area contributed by atoms with Crippen LogP contribution in [0.1, 0.15) is 29.9 Å². The molecule has 3 fully saturated rings. The summed E-state index contributed by atoms with van der Waals surface area (Å²) < 4.78 is 0.980. The first-order chi connectivity index (χ1) is 24.7. The highest BCUT2D eigenvalue weighted by Crippen LogP contribution is 2.65. The van der Waals surface area contributed by atoms with Gasteiger partial charge in [0.15, 0.2) is 0 Å². The maximum atomic E-state index is 15.4. The van der Waals surface area contributed by atoms with Crippen LogP contribution in [0.2, 0.25) is 5.02 Å². The van der Waals surface area contributed by atoms with E-state index in [2.05, 4.69) is 22.6 Å². The number of phenols is 1. The highest BCUT2D eigenvalue weighted by Gasteiger charge is 2.70. The van der Waals surface area contributed by atoms with Crippen molar-refractivity contribution in [3.05, 3.63) is 147 Å². The first-order valence-corrected chi connectivity index (χ1v) is 18.4. The Morgan fingerprint density at radius 3 is 2.24 bits per heavy atom. The van der Waals surface area contributed by atoms with Crippen LogP contribution < -0.4 is 9.80 Å². The number of anilines is 2. The van der Waals surface area contributed by atoms with Crippen LogP contribution in [0.4, 0.5) is 11.4 Å².